The van der Waals surface area contributed by atoms with E-state index < -0.39 is 0 Å². The van der Waals surface area contributed by atoms with Crippen molar-refractivity contribution in [1.29, 1.82) is 0 Å². The van der Waals surface area contributed by atoms with Crippen molar-refractivity contribution in [2.45, 2.75) is 45.6 Å². The summed E-state index contributed by atoms with van der Waals surface area (Å²) in [6.45, 7) is 4.57. The SMILES string of the molecule is CCCc1nc(N)nc(NCCCC(C)O)n1. The van der Waals surface area contributed by atoms with Crippen molar-refractivity contribution < 1.29 is 5.11 Å². The predicted octanol–water partition coefficient (Wildman–Crippen LogP) is 0.979. The lowest BCUT2D eigenvalue weighted by atomic mass is 10.2. The topological polar surface area (TPSA) is 97.0 Å². The number of aromatic nitrogens is 3. The monoisotopic (exact) mass is 239 g/mol. The van der Waals surface area contributed by atoms with Crippen molar-refractivity contribution in [1.82, 2.24) is 15.0 Å². The number of aliphatic hydroxyl groups excluding tert-OH is 1. The number of rotatable bonds is 7. The Morgan fingerprint density at radius 2 is 2.12 bits per heavy atom. The highest BCUT2D eigenvalue weighted by Gasteiger charge is 2.03. The maximum absolute atomic E-state index is 9.12. The Balaban J connectivity index is 2.46. The fourth-order valence-corrected chi connectivity index (χ4v) is 1.45. The molecule has 6 heteroatoms. The largest absolute Gasteiger partial charge is 0.393 e. The third-order valence-corrected chi connectivity index (χ3v) is 2.25. The van der Waals surface area contributed by atoms with E-state index in [0.717, 1.165) is 38.1 Å². The molecule has 0 amide bonds. The van der Waals surface area contributed by atoms with Gasteiger partial charge in [-0.1, -0.05) is 6.92 Å². The lowest BCUT2D eigenvalue weighted by molar-refractivity contribution is 0.183. The summed E-state index contributed by atoms with van der Waals surface area (Å²) in [7, 11) is 0. The molecule has 1 aromatic heterocycles. The van der Waals surface area contributed by atoms with Gasteiger partial charge in [-0.25, -0.2) is 0 Å². The molecule has 0 fully saturated rings. The van der Waals surface area contributed by atoms with Gasteiger partial charge in [-0.3, -0.25) is 0 Å². The van der Waals surface area contributed by atoms with Crippen molar-refractivity contribution in [3.05, 3.63) is 5.82 Å². The Morgan fingerprint density at radius 3 is 2.76 bits per heavy atom. The molecule has 1 aromatic rings. The van der Waals surface area contributed by atoms with Crippen LogP contribution in [-0.2, 0) is 6.42 Å². The van der Waals surface area contributed by atoms with Crippen LogP contribution in [-0.4, -0.2) is 32.7 Å². The lowest BCUT2D eigenvalue weighted by Gasteiger charge is -2.07. The Kier molecular flexibility index (Phi) is 5.62. The molecule has 1 atom stereocenters. The van der Waals surface area contributed by atoms with Gasteiger partial charge in [0.25, 0.3) is 0 Å². The molecular weight excluding hydrogens is 218 g/mol. The number of nitrogens with two attached hydrogens (primary N) is 1. The number of nitrogens with zero attached hydrogens (tertiary/aromatic N) is 3. The van der Waals surface area contributed by atoms with E-state index >= 15 is 0 Å². The fourth-order valence-electron chi connectivity index (χ4n) is 1.45. The summed E-state index contributed by atoms with van der Waals surface area (Å²) in [5.41, 5.74) is 5.60. The van der Waals surface area contributed by atoms with E-state index in [1.807, 2.05) is 0 Å². The Labute approximate surface area is 102 Å². The van der Waals surface area contributed by atoms with E-state index in [4.69, 9.17) is 10.8 Å². The highest BCUT2D eigenvalue weighted by Crippen LogP contribution is 2.05. The maximum Gasteiger partial charge on any atom is 0.227 e. The van der Waals surface area contributed by atoms with Crippen molar-refractivity contribution in [2.24, 2.45) is 0 Å². The highest BCUT2D eigenvalue weighted by atomic mass is 16.3. The van der Waals surface area contributed by atoms with Crippen LogP contribution in [0.5, 0.6) is 0 Å². The van der Waals surface area contributed by atoms with Crippen LogP contribution in [0.3, 0.4) is 0 Å². The number of nitrogens with one attached hydrogen (secondary N) is 1. The quantitative estimate of drug-likeness (QED) is 0.614. The van der Waals surface area contributed by atoms with Crippen LogP contribution in [0.2, 0.25) is 0 Å². The minimum atomic E-state index is -0.268. The van der Waals surface area contributed by atoms with E-state index in [2.05, 4.69) is 27.2 Å². The molecule has 17 heavy (non-hydrogen) atoms. The molecule has 1 unspecified atom stereocenters. The molecular formula is C11H21N5O. The van der Waals surface area contributed by atoms with Crippen LogP contribution < -0.4 is 11.1 Å². The molecule has 0 bridgehead atoms. The molecule has 0 aliphatic heterocycles. The Bertz CT molecular complexity index is 343. The fraction of sp³-hybridized carbons (Fsp3) is 0.727. The van der Waals surface area contributed by atoms with Gasteiger partial charge in [-0.15, -0.1) is 0 Å². The summed E-state index contributed by atoms with van der Waals surface area (Å²) >= 11 is 0. The molecule has 0 spiro atoms. The van der Waals surface area contributed by atoms with Gasteiger partial charge in [0.05, 0.1) is 6.10 Å². The molecule has 0 aromatic carbocycles. The van der Waals surface area contributed by atoms with Gasteiger partial charge in [-0.05, 0) is 26.2 Å². The van der Waals surface area contributed by atoms with Crippen LogP contribution >= 0.6 is 0 Å². The minimum absolute atomic E-state index is 0.251. The van der Waals surface area contributed by atoms with Crippen molar-refractivity contribution in [2.75, 3.05) is 17.6 Å². The van der Waals surface area contributed by atoms with E-state index in [-0.39, 0.29) is 12.1 Å². The summed E-state index contributed by atoms with van der Waals surface area (Å²) in [6.07, 6.45) is 3.14. The summed E-state index contributed by atoms with van der Waals surface area (Å²) < 4.78 is 0. The highest BCUT2D eigenvalue weighted by molar-refractivity contribution is 5.30. The number of aliphatic hydroxyl groups is 1. The van der Waals surface area contributed by atoms with E-state index in [1.54, 1.807) is 6.92 Å². The maximum atomic E-state index is 9.12. The third-order valence-electron chi connectivity index (χ3n) is 2.25. The molecule has 1 rings (SSSR count). The number of aryl methyl sites for hydroxylation is 1. The van der Waals surface area contributed by atoms with Crippen molar-refractivity contribution >= 4 is 11.9 Å². The molecule has 0 aliphatic rings. The molecule has 6 nitrogen and oxygen atoms in total. The van der Waals surface area contributed by atoms with Gasteiger partial charge in [0.1, 0.15) is 5.82 Å². The summed E-state index contributed by atoms with van der Waals surface area (Å²) in [6, 6.07) is 0. The van der Waals surface area contributed by atoms with Crippen LogP contribution in [0, 0.1) is 0 Å². The smallest absolute Gasteiger partial charge is 0.227 e. The van der Waals surface area contributed by atoms with Crippen LogP contribution in [0.1, 0.15) is 38.9 Å². The molecule has 0 saturated carbocycles. The molecule has 0 aliphatic carbocycles. The Morgan fingerprint density at radius 1 is 1.35 bits per heavy atom. The standard InChI is InChI=1S/C11H21N5O/c1-3-5-9-14-10(12)16-11(15-9)13-7-4-6-8(2)17/h8,17H,3-7H2,1-2H3,(H3,12,13,14,15,16). The Hall–Kier alpha value is -1.43. The first-order valence-electron chi connectivity index (χ1n) is 6.04. The first kappa shape index (κ1) is 13.6. The zero-order valence-corrected chi connectivity index (χ0v) is 10.5. The zero-order chi connectivity index (χ0) is 12.7. The minimum Gasteiger partial charge on any atom is -0.393 e. The number of anilines is 2. The third kappa shape index (κ3) is 5.44. The normalized spacial score (nSPS) is 12.4. The van der Waals surface area contributed by atoms with Gasteiger partial charge < -0.3 is 16.2 Å². The van der Waals surface area contributed by atoms with E-state index in [9.17, 15) is 0 Å². The molecule has 0 saturated heterocycles. The first-order valence-corrected chi connectivity index (χ1v) is 6.04. The van der Waals surface area contributed by atoms with E-state index in [0.29, 0.717) is 5.95 Å². The summed E-state index contributed by atoms with van der Waals surface area (Å²) in [5, 5.41) is 12.2. The molecule has 4 N–H and O–H groups in total. The van der Waals surface area contributed by atoms with Crippen molar-refractivity contribution in [3.63, 3.8) is 0 Å². The average molecular weight is 239 g/mol. The zero-order valence-electron chi connectivity index (χ0n) is 10.5. The van der Waals surface area contributed by atoms with Crippen molar-refractivity contribution in [3.8, 4) is 0 Å². The second-order valence-electron chi connectivity index (χ2n) is 4.10. The van der Waals surface area contributed by atoms with Crippen LogP contribution in [0.4, 0.5) is 11.9 Å². The second-order valence-corrected chi connectivity index (χ2v) is 4.10. The molecule has 1 heterocycles. The first-order chi connectivity index (χ1) is 8.11. The predicted molar refractivity (Wildman–Crippen MR) is 67.6 cm³/mol. The molecule has 96 valence electrons. The van der Waals surface area contributed by atoms with Gasteiger partial charge in [0.2, 0.25) is 11.9 Å². The van der Waals surface area contributed by atoms with E-state index in [1.165, 1.54) is 0 Å². The molecule has 0 radical (unpaired) electrons. The lowest BCUT2D eigenvalue weighted by Crippen LogP contribution is -2.12. The van der Waals surface area contributed by atoms with Gasteiger partial charge in [0, 0.05) is 13.0 Å². The summed E-state index contributed by atoms with van der Waals surface area (Å²) in [5.74, 6) is 1.49. The number of nitrogen functional groups attached to an aromatic ring is 1. The van der Waals surface area contributed by atoms with Gasteiger partial charge in [-0.2, -0.15) is 15.0 Å². The average Bonchev–Trinajstić information content (AvgIpc) is 2.24. The van der Waals surface area contributed by atoms with Crippen LogP contribution in [0.15, 0.2) is 0 Å². The summed E-state index contributed by atoms with van der Waals surface area (Å²) in [4.78, 5) is 12.3. The second kappa shape index (κ2) is 7.01. The number of hydrogen-bond acceptors (Lipinski definition) is 6. The van der Waals surface area contributed by atoms with Gasteiger partial charge in [0.15, 0.2) is 0 Å². The van der Waals surface area contributed by atoms with Crippen LogP contribution in [0.25, 0.3) is 0 Å². The number of hydrogen-bond donors (Lipinski definition) is 3. The van der Waals surface area contributed by atoms with Gasteiger partial charge >= 0.3 is 0 Å².